The van der Waals surface area contributed by atoms with Gasteiger partial charge in [0.1, 0.15) is 11.5 Å². The zero-order valence-corrected chi connectivity index (χ0v) is 13.4. The van der Waals surface area contributed by atoms with E-state index >= 15 is 0 Å². The molecule has 2 rings (SSSR count). The van der Waals surface area contributed by atoms with Crippen molar-refractivity contribution in [1.82, 2.24) is 0 Å². The molecule has 0 aliphatic rings. The molecule has 0 bridgehead atoms. The normalized spacial score (nSPS) is 12.5. The van der Waals surface area contributed by atoms with Gasteiger partial charge in [0.15, 0.2) is 0 Å². The number of nitrogens with two attached hydrogens (primary N) is 1. The van der Waals surface area contributed by atoms with Gasteiger partial charge in [-0.25, -0.2) is 0 Å². The molecule has 0 aromatic heterocycles. The monoisotopic (exact) mass is 283 g/mol. The highest BCUT2D eigenvalue weighted by Gasteiger charge is 2.10. The van der Waals surface area contributed by atoms with Crippen LogP contribution in [0.4, 0.5) is 0 Å². The van der Waals surface area contributed by atoms with E-state index in [4.69, 9.17) is 10.5 Å². The fourth-order valence-electron chi connectivity index (χ4n) is 2.38. The van der Waals surface area contributed by atoms with E-state index in [1.165, 1.54) is 11.1 Å². The van der Waals surface area contributed by atoms with Crippen molar-refractivity contribution in [3.05, 3.63) is 59.2 Å². The van der Waals surface area contributed by atoms with E-state index < -0.39 is 0 Å². The Balaban J connectivity index is 2.32. The van der Waals surface area contributed by atoms with Gasteiger partial charge in [0.05, 0.1) is 0 Å². The lowest BCUT2D eigenvalue weighted by molar-refractivity contribution is 0.471. The molecular weight excluding hydrogens is 258 g/mol. The molecule has 2 aromatic carbocycles. The number of aryl methyl sites for hydroxylation is 1. The van der Waals surface area contributed by atoms with Gasteiger partial charge in [0.25, 0.3) is 0 Å². The molecule has 1 unspecified atom stereocenters. The van der Waals surface area contributed by atoms with Crippen LogP contribution in [-0.2, 0) is 0 Å². The third-order valence-corrected chi connectivity index (χ3v) is 3.74. The lowest BCUT2D eigenvalue weighted by atomic mass is 10.0. The summed E-state index contributed by atoms with van der Waals surface area (Å²) in [6.45, 7) is 8.54. The molecule has 0 amide bonds. The van der Waals surface area contributed by atoms with E-state index in [1.807, 2.05) is 18.2 Å². The molecule has 0 saturated carbocycles. The molecule has 112 valence electrons. The van der Waals surface area contributed by atoms with E-state index in [1.54, 1.807) is 0 Å². The maximum absolute atomic E-state index is 6.13. The average molecular weight is 283 g/mol. The van der Waals surface area contributed by atoms with Gasteiger partial charge in [-0.05, 0) is 54.2 Å². The minimum absolute atomic E-state index is 0.0654. The minimum atomic E-state index is 0.0654. The van der Waals surface area contributed by atoms with Crippen LogP contribution < -0.4 is 10.5 Å². The van der Waals surface area contributed by atoms with E-state index in [-0.39, 0.29) is 6.04 Å². The van der Waals surface area contributed by atoms with Crippen molar-refractivity contribution in [3.63, 3.8) is 0 Å². The zero-order valence-electron chi connectivity index (χ0n) is 13.4. The Morgan fingerprint density at radius 1 is 1.10 bits per heavy atom. The summed E-state index contributed by atoms with van der Waals surface area (Å²) in [5.74, 6) is 2.22. The third kappa shape index (κ3) is 3.85. The molecule has 2 N–H and O–H groups in total. The van der Waals surface area contributed by atoms with Gasteiger partial charge < -0.3 is 10.5 Å². The van der Waals surface area contributed by atoms with Crippen molar-refractivity contribution in [2.45, 2.75) is 46.1 Å². The summed E-state index contributed by atoms with van der Waals surface area (Å²) >= 11 is 0. The van der Waals surface area contributed by atoms with Crippen molar-refractivity contribution >= 4 is 0 Å². The lowest BCUT2D eigenvalue weighted by Gasteiger charge is -2.16. The maximum Gasteiger partial charge on any atom is 0.131 e. The summed E-state index contributed by atoms with van der Waals surface area (Å²) in [7, 11) is 0. The Hall–Kier alpha value is -1.80. The Labute approximate surface area is 127 Å². The van der Waals surface area contributed by atoms with Crippen LogP contribution in [0, 0.1) is 6.92 Å². The van der Waals surface area contributed by atoms with Gasteiger partial charge in [-0.3, -0.25) is 0 Å². The molecule has 0 aliphatic heterocycles. The van der Waals surface area contributed by atoms with Crippen LogP contribution in [0.2, 0.25) is 0 Å². The first-order valence-corrected chi connectivity index (χ1v) is 7.65. The Morgan fingerprint density at radius 3 is 2.52 bits per heavy atom. The SMILES string of the molecule is CCC(N)c1cccc(Oc2cc(C)ccc2C(C)C)c1. The number of hydrogen-bond acceptors (Lipinski definition) is 2. The van der Waals surface area contributed by atoms with Gasteiger partial charge in [-0.1, -0.05) is 45.0 Å². The Morgan fingerprint density at radius 2 is 1.86 bits per heavy atom. The summed E-state index contributed by atoms with van der Waals surface area (Å²) in [5.41, 5.74) is 9.65. The van der Waals surface area contributed by atoms with Crippen molar-refractivity contribution < 1.29 is 4.74 Å². The van der Waals surface area contributed by atoms with Crippen molar-refractivity contribution in [1.29, 1.82) is 0 Å². The number of benzene rings is 2. The first-order valence-electron chi connectivity index (χ1n) is 7.65. The lowest BCUT2D eigenvalue weighted by Crippen LogP contribution is -2.08. The molecule has 0 aliphatic carbocycles. The standard InChI is InChI=1S/C19H25NO/c1-5-18(20)15-7-6-8-16(12-15)21-19-11-14(4)9-10-17(19)13(2)3/h6-13,18H,5,20H2,1-4H3. The summed E-state index contributed by atoms with van der Waals surface area (Å²) < 4.78 is 6.13. The van der Waals surface area contributed by atoms with Crippen molar-refractivity contribution in [3.8, 4) is 11.5 Å². The first kappa shape index (κ1) is 15.6. The van der Waals surface area contributed by atoms with E-state index in [0.29, 0.717) is 5.92 Å². The van der Waals surface area contributed by atoms with Crippen molar-refractivity contribution in [2.24, 2.45) is 5.73 Å². The van der Waals surface area contributed by atoms with Gasteiger partial charge >= 0.3 is 0 Å². The summed E-state index contributed by atoms with van der Waals surface area (Å²) in [6.07, 6.45) is 0.922. The molecule has 0 spiro atoms. The molecule has 2 nitrogen and oxygen atoms in total. The number of rotatable bonds is 5. The number of ether oxygens (including phenoxy) is 1. The van der Waals surface area contributed by atoms with E-state index in [2.05, 4.69) is 52.0 Å². The van der Waals surface area contributed by atoms with Gasteiger partial charge in [0.2, 0.25) is 0 Å². The molecule has 0 saturated heterocycles. The maximum atomic E-state index is 6.13. The summed E-state index contributed by atoms with van der Waals surface area (Å²) in [5, 5.41) is 0. The molecule has 21 heavy (non-hydrogen) atoms. The molecular formula is C19H25NO. The highest BCUT2D eigenvalue weighted by atomic mass is 16.5. The second kappa shape index (κ2) is 6.77. The highest BCUT2D eigenvalue weighted by Crippen LogP contribution is 2.32. The Bertz CT molecular complexity index is 604. The molecule has 1 atom stereocenters. The fourth-order valence-corrected chi connectivity index (χ4v) is 2.38. The largest absolute Gasteiger partial charge is 0.457 e. The summed E-state index contributed by atoms with van der Waals surface area (Å²) in [4.78, 5) is 0. The van der Waals surface area contributed by atoms with E-state index in [0.717, 1.165) is 23.5 Å². The van der Waals surface area contributed by atoms with Gasteiger partial charge in [-0.2, -0.15) is 0 Å². The molecule has 0 fully saturated rings. The third-order valence-electron chi connectivity index (χ3n) is 3.74. The van der Waals surface area contributed by atoms with Crippen molar-refractivity contribution in [2.75, 3.05) is 0 Å². The van der Waals surface area contributed by atoms with Crippen LogP contribution in [0.15, 0.2) is 42.5 Å². The highest BCUT2D eigenvalue weighted by molar-refractivity contribution is 5.43. The molecule has 2 aromatic rings. The molecule has 0 heterocycles. The minimum Gasteiger partial charge on any atom is -0.457 e. The predicted molar refractivity (Wildman–Crippen MR) is 89.0 cm³/mol. The zero-order chi connectivity index (χ0) is 15.4. The topological polar surface area (TPSA) is 35.2 Å². The average Bonchev–Trinajstić information content (AvgIpc) is 2.46. The quantitative estimate of drug-likeness (QED) is 0.806. The fraction of sp³-hybridized carbons (Fsp3) is 0.368. The smallest absolute Gasteiger partial charge is 0.131 e. The summed E-state index contributed by atoms with van der Waals surface area (Å²) in [6, 6.07) is 14.5. The Kier molecular flexibility index (Phi) is 5.03. The second-order valence-electron chi connectivity index (χ2n) is 5.89. The van der Waals surface area contributed by atoms with Crippen LogP contribution in [0.1, 0.15) is 55.8 Å². The van der Waals surface area contributed by atoms with Crippen LogP contribution in [0.25, 0.3) is 0 Å². The van der Waals surface area contributed by atoms with E-state index in [9.17, 15) is 0 Å². The van der Waals surface area contributed by atoms with Crippen LogP contribution >= 0.6 is 0 Å². The van der Waals surface area contributed by atoms with Crippen LogP contribution in [0.3, 0.4) is 0 Å². The van der Waals surface area contributed by atoms with Crippen LogP contribution in [0.5, 0.6) is 11.5 Å². The molecule has 2 heteroatoms. The second-order valence-corrected chi connectivity index (χ2v) is 5.89. The van der Waals surface area contributed by atoms with Gasteiger partial charge in [0, 0.05) is 6.04 Å². The first-order chi connectivity index (χ1) is 10.0. The van der Waals surface area contributed by atoms with Crippen LogP contribution in [-0.4, -0.2) is 0 Å². The number of hydrogen-bond donors (Lipinski definition) is 1. The molecule has 0 radical (unpaired) electrons. The predicted octanol–water partition coefficient (Wildman–Crippen LogP) is 5.32. The van der Waals surface area contributed by atoms with Gasteiger partial charge in [-0.15, -0.1) is 0 Å².